The van der Waals surface area contributed by atoms with Gasteiger partial charge in [-0.1, -0.05) is 170 Å². The summed E-state index contributed by atoms with van der Waals surface area (Å²) in [5.74, 6) is 0.915. The number of hydrogen-bond acceptors (Lipinski definition) is 3. The zero-order valence-corrected chi connectivity index (χ0v) is 32.2. The number of nitrogens with zero attached hydrogens (tertiary/aromatic N) is 4. The molecule has 1 aliphatic heterocycles. The van der Waals surface area contributed by atoms with E-state index in [4.69, 9.17) is 9.97 Å². The number of aromatic nitrogens is 3. The molecular formula is C54H40N4. The molecule has 3 heterocycles. The molecule has 4 heteroatoms. The largest absolute Gasteiger partial charge is 0.357 e. The van der Waals surface area contributed by atoms with Gasteiger partial charge in [-0.3, -0.25) is 0 Å². The van der Waals surface area contributed by atoms with Crippen LogP contribution in [0.3, 0.4) is 0 Å². The molecule has 7 aromatic carbocycles. The Morgan fingerprint density at radius 1 is 0.552 bits per heavy atom. The molecule has 4 nitrogen and oxygen atoms in total. The Kier molecular flexibility index (Phi) is 8.04. The lowest BCUT2D eigenvalue weighted by Gasteiger charge is -2.51. The molecule has 0 amide bonds. The van der Waals surface area contributed by atoms with Crippen molar-refractivity contribution in [3.05, 3.63) is 217 Å². The molecule has 0 radical (unpaired) electrons. The third kappa shape index (κ3) is 5.52. The van der Waals surface area contributed by atoms with E-state index < -0.39 is 0 Å². The Balaban J connectivity index is 1.09. The molecule has 0 spiro atoms. The molecule has 0 bridgehead atoms. The summed E-state index contributed by atoms with van der Waals surface area (Å²) in [6, 6.07) is 65.1. The third-order valence-electron chi connectivity index (χ3n) is 12.2. The first kappa shape index (κ1) is 34.0. The normalized spacial score (nSPS) is 17.1. The first-order valence-electron chi connectivity index (χ1n) is 20.1. The van der Waals surface area contributed by atoms with Crippen LogP contribution in [0.5, 0.6) is 0 Å². The number of benzene rings is 7. The van der Waals surface area contributed by atoms with Gasteiger partial charge >= 0.3 is 0 Å². The van der Waals surface area contributed by atoms with Crippen LogP contribution in [-0.2, 0) is 6.54 Å². The van der Waals surface area contributed by atoms with E-state index in [1.54, 1.807) is 0 Å². The van der Waals surface area contributed by atoms with Crippen LogP contribution >= 0.6 is 0 Å². The van der Waals surface area contributed by atoms with Crippen LogP contribution in [0.15, 0.2) is 206 Å². The highest BCUT2D eigenvalue weighted by Gasteiger charge is 2.43. The van der Waals surface area contributed by atoms with E-state index in [0.29, 0.717) is 5.82 Å². The maximum Gasteiger partial charge on any atom is 0.160 e. The van der Waals surface area contributed by atoms with E-state index in [1.165, 1.54) is 38.7 Å². The van der Waals surface area contributed by atoms with Gasteiger partial charge in [0, 0.05) is 45.6 Å². The topological polar surface area (TPSA) is 34.0 Å². The van der Waals surface area contributed by atoms with Crippen LogP contribution in [0.4, 0.5) is 5.69 Å². The second-order valence-electron chi connectivity index (χ2n) is 15.5. The Hall–Kier alpha value is -7.30. The minimum Gasteiger partial charge on any atom is -0.357 e. The molecule has 58 heavy (non-hydrogen) atoms. The van der Waals surface area contributed by atoms with Crippen molar-refractivity contribution >= 4 is 27.5 Å². The fourth-order valence-electron chi connectivity index (χ4n) is 9.38. The van der Waals surface area contributed by atoms with Gasteiger partial charge in [0.15, 0.2) is 5.82 Å². The summed E-state index contributed by atoms with van der Waals surface area (Å²) in [5, 5.41) is 2.47. The van der Waals surface area contributed by atoms with Crippen LogP contribution in [0.2, 0.25) is 0 Å². The van der Waals surface area contributed by atoms with Crippen LogP contribution in [0.25, 0.3) is 72.5 Å². The van der Waals surface area contributed by atoms with Gasteiger partial charge in [-0.05, 0) is 65.6 Å². The van der Waals surface area contributed by atoms with E-state index in [1.807, 2.05) is 24.3 Å². The van der Waals surface area contributed by atoms with Gasteiger partial charge in [0.05, 0.1) is 33.6 Å². The lowest BCUT2D eigenvalue weighted by Crippen LogP contribution is -2.52. The molecule has 2 atom stereocenters. The number of fused-ring (bicyclic) bond motifs is 6. The molecule has 0 saturated heterocycles. The summed E-state index contributed by atoms with van der Waals surface area (Å²) >= 11 is 0. The standard InChI is InChI=1S/C54H40N4/c1-54-33-16-15-27-46(54)45-34-39(31-32-40(45)36-57(54)41-22-9-4-10-23-41)42-26-17-30-51-52(42)44-25-12-14-29-50(44)58(51)49-28-13-11-24-43(49)48-35-47(37-18-5-2-6-19-37)55-53(56-48)38-20-7-3-8-21-38/h2-35,46H,36H2,1H3/t46-,54?/m1/s1. The van der Waals surface area contributed by atoms with Crippen molar-refractivity contribution in [1.29, 1.82) is 0 Å². The van der Waals surface area contributed by atoms with Crippen LogP contribution < -0.4 is 4.90 Å². The summed E-state index contributed by atoms with van der Waals surface area (Å²) in [7, 11) is 0. The number of para-hydroxylation sites is 3. The van der Waals surface area contributed by atoms with Crippen LogP contribution in [0, 0.1) is 0 Å². The van der Waals surface area contributed by atoms with Gasteiger partial charge < -0.3 is 9.47 Å². The lowest BCUT2D eigenvalue weighted by atomic mass is 9.71. The first-order valence-corrected chi connectivity index (χ1v) is 20.1. The quantitative estimate of drug-likeness (QED) is 0.170. The summed E-state index contributed by atoms with van der Waals surface area (Å²) in [4.78, 5) is 12.9. The van der Waals surface area contributed by atoms with E-state index in [2.05, 4.69) is 198 Å². The molecule has 2 aromatic heterocycles. The second-order valence-corrected chi connectivity index (χ2v) is 15.5. The van der Waals surface area contributed by atoms with E-state index >= 15 is 0 Å². The molecule has 0 fully saturated rings. The van der Waals surface area contributed by atoms with Gasteiger partial charge in [0.1, 0.15) is 0 Å². The summed E-state index contributed by atoms with van der Waals surface area (Å²) in [5.41, 5.74) is 14.5. The van der Waals surface area contributed by atoms with Crippen molar-refractivity contribution < 1.29 is 0 Å². The molecule has 1 aliphatic carbocycles. The highest BCUT2D eigenvalue weighted by Crippen LogP contribution is 2.48. The van der Waals surface area contributed by atoms with E-state index in [0.717, 1.165) is 51.3 Å². The summed E-state index contributed by atoms with van der Waals surface area (Å²) in [6.45, 7) is 3.24. The Labute approximate surface area is 338 Å². The number of anilines is 1. The zero-order valence-electron chi connectivity index (χ0n) is 32.2. The van der Waals surface area contributed by atoms with Gasteiger partial charge in [0.2, 0.25) is 0 Å². The van der Waals surface area contributed by atoms with Crippen molar-refractivity contribution in [3.8, 4) is 50.7 Å². The van der Waals surface area contributed by atoms with Crippen LogP contribution in [0.1, 0.15) is 24.0 Å². The van der Waals surface area contributed by atoms with Gasteiger partial charge in [-0.15, -0.1) is 0 Å². The third-order valence-corrected chi connectivity index (χ3v) is 12.2. The fraction of sp³-hybridized carbons (Fsp3) is 0.0741. The zero-order chi connectivity index (χ0) is 38.6. The number of rotatable bonds is 6. The molecule has 9 aromatic rings. The molecule has 2 aliphatic rings. The van der Waals surface area contributed by atoms with Crippen molar-refractivity contribution in [2.24, 2.45) is 0 Å². The smallest absolute Gasteiger partial charge is 0.160 e. The summed E-state index contributed by atoms with van der Waals surface area (Å²) in [6.07, 6.45) is 9.20. The fourth-order valence-corrected chi connectivity index (χ4v) is 9.38. The van der Waals surface area contributed by atoms with Crippen molar-refractivity contribution in [2.75, 3.05) is 4.90 Å². The van der Waals surface area contributed by atoms with E-state index in [9.17, 15) is 0 Å². The highest BCUT2D eigenvalue weighted by molar-refractivity contribution is 6.16. The molecule has 0 N–H and O–H groups in total. The van der Waals surface area contributed by atoms with Crippen molar-refractivity contribution in [1.82, 2.24) is 14.5 Å². The highest BCUT2D eigenvalue weighted by atomic mass is 15.2. The predicted molar refractivity (Wildman–Crippen MR) is 240 cm³/mol. The Bertz CT molecular complexity index is 3000. The minimum absolute atomic E-state index is 0.185. The Morgan fingerprint density at radius 2 is 1.22 bits per heavy atom. The first-order chi connectivity index (χ1) is 28.6. The monoisotopic (exact) mass is 744 g/mol. The predicted octanol–water partition coefficient (Wildman–Crippen LogP) is 13.2. The van der Waals surface area contributed by atoms with Gasteiger partial charge in [0.25, 0.3) is 0 Å². The lowest BCUT2D eigenvalue weighted by molar-refractivity contribution is 0.435. The van der Waals surface area contributed by atoms with Crippen LogP contribution in [-0.4, -0.2) is 20.1 Å². The minimum atomic E-state index is -0.185. The molecule has 0 saturated carbocycles. The maximum atomic E-state index is 5.26. The SMILES string of the molecule is CC12C=CC=C[C@@H]1c1cc(-c3cccc4c3c3ccccc3n4-c3ccccc3-c3cc(-c4ccccc4)nc(-c4ccccc4)n3)ccc1CN2c1ccccc1. The molecule has 11 rings (SSSR count). The van der Waals surface area contributed by atoms with Gasteiger partial charge in [-0.2, -0.15) is 0 Å². The van der Waals surface area contributed by atoms with E-state index in [-0.39, 0.29) is 11.5 Å². The summed E-state index contributed by atoms with van der Waals surface area (Å²) < 4.78 is 2.43. The second kappa shape index (κ2) is 13.7. The van der Waals surface area contributed by atoms with Crippen molar-refractivity contribution in [2.45, 2.75) is 24.9 Å². The number of hydrogen-bond donors (Lipinski definition) is 0. The average molecular weight is 745 g/mol. The van der Waals surface area contributed by atoms with Crippen molar-refractivity contribution in [3.63, 3.8) is 0 Å². The number of allylic oxidation sites excluding steroid dienone is 2. The van der Waals surface area contributed by atoms with Gasteiger partial charge in [-0.25, -0.2) is 9.97 Å². The average Bonchev–Trinajstić information content (AvgIpc) is 3.63. The Morgan fingerprint density at radius 3 is 2.05 bits per heavy atom. The molecular weight excluding hydrogens is 705 g/mol. The maximum absolute atomic E-state index is 5.26. The molecule has 1 unspecified atom stereocenters. The molecule has 276 valence electrons.